The molecule has 2 heterocycles. The summed E-state index contributed by atoms with van der Waals surface area (Å²) >= 11 is 0. The van der Waals surface area contributed by atoms with Gasteiger partial charge >= 0.3 is 19.4 Å². The van der Waals surface area contributed by atoms with Gasteiger partial charge in [0.15, 0.2) is 0 Å². The van der Waals surface area contributed by atoms with Crippen molar-refractivity contribution in [1.82, 2.24) is 14.6 Å². The Morgan fingerprint density at radius 3 is 2.82 bits per heavy atom. The third kappa shape index (κ3) is 8.08. The van der Waals surface area contributed by atoms with E-state index >= 15 is 0 Å². The minimum atomic E-state index is -3.68. The van der Waals surface area contributed by atoms with Crippen LogP contribution in [0, 0.1) is 6.92 Å². The summed E-state index contributed by atoms with van der Waals surface area (Å²) in [4.78, 5) is 40.0. The number of nitrogens with one attached hydrogen (secondary N) is 2. The number of aromatic amines is 1. The van der Waals surface area contributed by atoms with Crippen LogP contribution in [0.2, 0.25) is 0 Å². The highest BCUT2D eigenvalue weighted by atomic mass is 31.2. The lowest BCUT2D eigenvalue weighted by Crippen LogP contribution is -2.33. The molecule has 0 spiro atoms. The van der Waals surface area contributed by atoms with Crippen molar-refractivity contribution in [3.63, 3.8) is 0 Å². The average molecular weight is 502 g/mol. The third-order valence-corrected chi connectivity index (χ3v) is 6.86. The van der Waals surface area contributed by atoms with Crippen molar-refractivity contribution in [3.05, 3.63) is 43.0 Å². The Balaban J connectivity index is 1.97. The van der Waals surface area contributed by atoms with Gasteiger partial charge < -0.3 is 9.47 Å². The van der Waals surface area contributed by atoms with Gasteiger partial charge in [-0.25, -0.2) is 14.4 Å². The summed E-state index contributed by atoms with van der Waals surface area (Å²) in [7, 11) is -2.34. The third-order valence-electron chi connectivity index (χ3n) is 5.16. The zero-order valence-electron chi connectivity index (χ0n) is 19.5. The maximum atomic E-state index is 13.0. The quantitative estimate of drug-likeness (QED) is 0.0961. The van der Waals surface area contributed by atoms with Crippen LogP contribution in [-0.4, -0.2) is 54.5 Å². The molecule has 1 aromatic heterocycles. The number of esters is 1. The van der Waals surface area contributed by atoms with Crippen molar-refractivity contribution in [2.45, 2.75) is 64.3 Å². The lowest BCUT2D eigenvalue weighted by Gasteiger charge is -2.22. The Kier molecular flexibility index (Phi) is 11.0. The van der Waals surface area contributed by atoms with Crippen LogP contribution in [0.5, 0.6) is 0 Å². The van der Waals surface area contributed by atoms with Gasteiger partial charge in [-0.3, -0.25) is 28.2 Å². The van der Waals surface area contributed by atoms with Crippen molar-refractivity contribution in [3.8, 4) is 0 Å². The van der Waals surface area contributed by atoms with Gasteiger partial charge in [-0.1, -0.05) is 11.5 Å². The summed E-state index contributed by atoms with van der Waals surface area (Å²) in [5, 5.41) is 6.49. The number of H-pyrrole nitrogens is 1. The minimum Gasteiger partial charge on any atom is -0.469 e. The number of methoxy groups -OCH3 is 1. The van der Waals surface area contributed by atoms with Crippen LogP contribution < -0.4 is 16.3 Å². The Bertz CT molecular complexity index is 1040. The fourth-order valence-electron chi connectivity index (χ4n) is 3.38. The molecule has 1 unspecified atom stereocenters. The number of hydrogen-bond acceptors (Lipinski definition) is 9. The minimum absolute atomic E-state index is 0.132. The van der Waals surface area contributed by atoms with Crippen LogP contribution in [0.25, 0.3) is 10.4 Å². The molecule has 34 heavy (non-hydrogen) atoms. The first-order valence-corrected chi connectivity index (χ1v) is 12.5. The predicted molar refractivity (Wildman–Crippen MR) is 121 cm³/mol. The molecule has 0 aromatic carbocycles. The van der Waals surface area contributed by atoms with E-state index in [4.69, 9.17) is 19.3 Å². The van der Waals surface area contributed by atoms with Gasteiger partial charge in [0, 0.05) is 36.1 Å². The van der Waals surface area contributed by atoms with Gasteiger partial charge in [0.1, 0.15) is 6.23 Å². The van der Waals surface area contributed by atoms with E-state index in [1.807, 2.05) is 0 Å². The van der Waals surface area contributed by atoms with Crippen LogP contribution in [0.4, 0.5) is 0 Å². The number of aromatic nitrogens is 2. The number of rotatable bonds is 14. The smallest absolute Gasteiger partial charge is 0.405 e. The van der Waals surface area contributed by atoms with Gasteiger partial charge in [0.05, 0.1) is 32.5 Å². The van der Waals surface area contributed by atoms with E-state index in [1.165, 1.54) is 17.9 Å². The van der Waals surface area contributed by atoms with Crippen LogP contribution >= 0.6 is 7.75 Å². The van der Waals surface area contributed by atoms with E-state index < -0.39 is 37.4 Å². The Labute approximate surface area is 196 Å². The molecule has 1 aliphatic rings. The summed E-state index contributed by atoms with van der Waals surface area (Å²) in [6.07, 6.45) is 2.24. The molecule has 1 saturated heterocycles. The zero-order valence-corrected chi connectivity index (χ0v) is 20.4. The van der Waals surface area contributed by atoms with E-state index in [-0.39, 0.29) is 25.6 Å². The molecule has 2 N–H and O–H groups in total. The summed E-state index contributed by atoms with van der Waals surface area (Å²) in [5.74, 6) is -0.278. The standard InChI is InChI=1S/C19H31N6O8P/c1-4-31-34(29,21-9-7-5-6-8-17(26)30-3)32-12-15-14(23-24-20)10-16(33-15)25-11-13(2)18(27)22-19(25)28/h11,14-16H,4-10,12H2,1-3H3,(H,21,29)(H,22,27,28)/t14-,15+,16+,34?/m0/s1. The summed E-state index contributed by atoms with van der Waals surface area (Å²) in [5.41, 5.74) is 8.07. The van der Waals surface area contributed by atoms with Crippen molar-refractivity contribution >= 4 is 13.7 Å². The summed E-state index contributed by atoms with van der Waals surface area (Å²) < 4.78 is 35.5. The molecule has 1 aromatic rings. The molecule has 14 nitrogen and oxygen atoms in total. The fraction of sp³-hybridized carbons (Fsp3) is 0.737. The van der Waals surface area contributed by atoms with Crippen LogP contribution in [0.15, 0.2) is 20.9 Å². The van der Waals surface area contributed by atoms with Crippen molar-refractivity contribution in [2.75, 3.05) is 26.9 Å². The molecular formula is C19H31N6O8P. The number of nitrogens with zero attached hydrogens (tertiary/aromatic N) is 4. The van der Waals surface area contributed by atoms with Gasteiger partial charge in [0.2, 0.25) is 0 Å². The molecule has 1 fully saturated rings. The van der Waals surface area contributed by atoms with Gasteiger partial charge in [0.25, 0.3) is 5.56 Å². The highest BCUT2D eigenvalue weighted by Crippen LogP contribution is 2.44. The molecule has 15 heteroatoms. The second-order valence-electron chi connectivity index (χ2n) is 7.62. The highest BCUT2D eigenvalue weighted by Gasteiger charge is 2.38. The van der Waals surface area contributed by atoms with Gasteiger partial charge in [-0.05, 0) is 32.2 Å². The van der Waals surface area contributed by atoms with Crippen LogP contribution in [0.3, 0.4) is 0 Å². The molecule has 0 saturated carbocycles. The Hall–Kier alpha value is -2.47. The predicted octanol–water partition coefficient (Wildman–Crippen LogP) is 2.30. The molecule has 0 radical (unpaired) electrons. The molecule has 4 atom stereocenters. The zero-order chi connectivity index (χ0) is 25.1. The maximum absolute atomic E-state index is 13.0. The number of carbonyl (C=O) groups excluding carboxylic acids is 1. The number of hydrogen-bond donors (Lipinski definition) is 2. The number of ether oxygens (including phenoxy) is 2. The molecule has 1 aliphatic heterocycles. The van der Waals surface area contributed by atoms with Gasteiger partial charge in [-0.15, -0.1) is 0 Å². The SMILES string of the molecule is CCOP(=O)(NCCCCCC(=O)OC)OC[C@H]1O[C@@H](n2cc(C)c(=O)[nH]c2=O)C[C@@H]1N=[N+]=[N-]. The first kappa shape index (κ1) is 27.8. The van der Waals surface area contributed by atoms with E-state index in [0.717, 1.165) is 0 Å². The maximum Gasteiger partial charge on any atom is 0.405 e. The molecular weight excluding hydrogens is 471 g/mol. The summed E-state index contributed by atoms with van der Waals surface area (Å²) in [6.45, 7) is 3.47. The van der Waals surface area contributed by atoms with Crippen molar-refractivity contribution < 1.29 is 27.9 Å². The van der Waals surface area contributed by atoms with E-state index in [1.54, 1.807) is 13.8 Å². The van der Waals surface area contributed by atoms with Gasteiger partial charge in [-0.2, -0.15) is 0 Å². The lowest BCUT2D eigenvalue weighted by atomic mass is 10.1. The fourth-order valence-corrected chi connectivity index (χ4v) is 4.76. The lowest BCUT2D eigenvalue weighted by molar-refractivity contribution is -0.140. The average Bonchev–Trinajstić information content (AvgIpc) is 3.20. The first-order chi connectivity index (χ1) is 16.2. The highest BCUT2D eigenvalue weighted by molar-refractivity contribution is 7.51. The molecule has 0 bridgehead atoms. The van der Waals surface area contributed by atoms with Crippen LogP contribution in [-0.2, 0) is 27.9 Å². The first-order valence-electron chi connectivity index (χ1n) is 11.0. The number of carbonyl (C=O) groups is 1. The van der Waals surface area contributed by atoms with E-state index in [2.05, 4.69) is 24.8 Å². The Morgan fingerprint density at radius 1 is 1.38 bits per heavy atom. The Morgan fingerprint density at radius 2 is 2.15 bits per heavy atom. The van der Waals surface area contributed by atoms with Crippen molar-refractivity contribution in [1.29, 1.82) is 0 Å². The largest absolute Gasteiger partial charge is 0.469 e. The molecule has 190 valence electrons. The molecule has 2 rings (SSSR count). The second-order valence-corrected chi connectivity index (χ2v) is 9.45. The van der Waals surface area contributed by atoms with E-state index in [9.17, 15) is 18.9 Å². The normalized spacial score (nSPS) is 21.6. The summed E-state index contributed by atoms with van der Waals surface area (Å²) in [6, 6.07) is -0.692. The topological polar surface area (TPSA) is 187 Å². The second kappa shape index (κ2) is 13.4. The molecule has 0 amide bonds. The number of unbranched alkanes of at least 4 members (excludes halogenated alkanes) is 2. The van der Waals surface area contributed by atoms with Crippen LogP contribution in [0.1, 0.15) is 50.8 Å². The van der Waals surface area contributed by atoms with Crippen molar-refractivity contribution in [2.24, 2.45) is 5.11 Å². The molecule has 0 aliphatic carbocycles. The monoisotopic (exact) mass is 502 g/mol. The van der Waals surface area contributed by atoms with E-state index in [0.29, 0.717) is 37.8 Å². The number of aryl methyl sites for hydroxylation is 1. The number of azide groups is 1.